The molecule has 8 heteroatoms. The zero-order valence-corrected chi connectivity index (χ0v) is 15.2. The summed E-state index contributed by atoms with van der Waals surface area (Å²) in [6.07, 6.45) is 0.706. The van der Waals surface area contributed by atoms with Crippen LogP contribution in [0.5, 0.6) is 0 Å². The molecule has 21 heavy (non-hydrogen) atoms. The van der Waals surface area contributed by atoms with Gasteiger partial charge in [0, 0.05) is 23.3 Å². The maximum Gasteiger partial charge on any atom is 0.262 e. The number of halogens is 3. The monoisotopic (exact) mass is 371 g/mol. The molecule has 0 saturated carbocycles. The zero-order chi connectivity index (χ0) is 16.6. The lowest BCUT2D eigenvalue weighted by Gasteiger charge is -2.35. The first kappa shape index (κ1) is 18.6. The zero-order valence-electron chi connectivity index (χ0n) is 12.1. The minimum atomic E-state index is -4.06. The quantitative estimate of drug-likeness (QED) is 0.745. The lowest BCUT2D eigenvalue weighted by molar-refractivity contribution is 0.0620. The maximum absolute atomic E-state index is 12.6. The van der Waals surface area contributed by atoms with Crippen LogP contribution in [0.3, 0.4) is 0 Å². The van der Waals surface area contributed by atoms with Gasteiger partial charge >= 0.3 is 0 Å². The number of amides is 1. The molecule has 0 aliphatic carbocycles. The molecule has 1 aromatic rings. The van der Waals surface area contributed by atoms with E-state index in [-0.39, 0.29) is 20.5 Å². The Bertz CT molecular complexity index is 671. The third-order valence-electron chi connectivity index (χ3n) is 3.61. The van der Waals surface area contributed by atoms with Crippen molar-refractivity contribution in [1.82, 2.24) is 4.90 Å². The number of carbonyl (C=O) groups is 1. The first-order chi connectivity index (χ1) is 9.43. The fraction of sp³-hybridized carbons (Fsp3) is 0.462. The molecule has 0 unspecified atom stereocenters. The largest absolute Gasteiger partial charge is 0.337 e. The normalized spacial score (nSPS) is 12.3. The third-order valence-corrected chi connectivity index (χ3v) is 5.79. The highest BCUT2D eigenvalue weighted by Gasteiger charge is 2.31. The van der Waals surface area contributed by atoms with Crippen LogP contribution in [0.1, 0.15) is 37.6 Å². The van der Waals surface area contributed by atoms with Crippen molar-refractivity contribution in [3.63, 3.8) is 0 Å². The molecule has 1 rings (SSSR count). The topological polar surface area (TPSA) is 54.5 Å². The number of nitrogens with zero attached hydrogens (tertiary/aromatic N) is 1. The van der Waals surface area contributed by atoms with Crippen LogP contribution in [0, 0.1) is 0 Å². The molecule has 1 amide bonds. The van der Waals surface area contributed by atoms with Crippen molar-refractivity contribution in [2.75, 3.05) is 7.05 Å². The summed E-state index contributed by atoms with van der Waals surface area (Å²) < 4.78 is 23.0. The second-order valence-electron chi connectivity index (χ2n) is 5.20. The van der Waals surface area contributed by atoms with Crippen molar-refractivity contribution < 1.29 is 13.2 Å². The number of rotatable bonds is 4. The summed E-state index contributed by atoms with van der Waals surface area (Å²) in [6.45, 7) is 5.70. The van der Waals surface area contributed by atoms with E-state index in [1.165, 1.54) is 17.0 Å². The van der Waals surface area contributed by atoms with Crippen LogP contribution < -0.4 is 0 Å². The summed E-state index contributed by atoms with van der Waals surface area (Å²) in [5.74, 6) is -0.459. The van der Waals surface area contributed by atoms with E-state index >= 15 is 0 Å². The van der Waals surface area contributed by atoms with Gasteiger partial charge in [-0.25, -0.2) is 8.42 Å². The molecule has 0 aliphatic heterocycles. The molecule has 0 bridgehead atoms. The summed E-state index contributed by atoms with van der Waals surface area (Å²) in [7, 11) is 2.86. The second-order valence-corrected chi connectivity index (χ2v) is 8.52. The van der Waals surface area contributed by atoms with Gasteiger partial charge < -0.3 is 4.90 Å². The van der Waals surface area contributed by atoms with Gasteiger partial charge in [0.1, 0.15) is 4.90 Å². The van der Waals surface area contributed by atoms with Crippen molar-refractivity contribution >= 4 is 48.8 Å². The average Bonchev–Trinajstić information content (AvgIpc) is 2.35. The number of hydrogen-bond acceptors (Lipinski definition) is 3. The van der Waals surface area contributed by atoms with E-state index in [0.29, 0.717) is 6.42 Å². The minimum absolute atomic E-state index is 0.0657. The Morgan fingerprint density at radius 2 is 1.81 bits per heavy atom. The number of carbonyl (C=O) groups excluding carboxylic acids is 1. The summed E-state index contributed by atoms with van der Waals surface area (Å²) >= 11 is 12.0. The van der Waals surface area contributed by atoms with Gasteiger partial charge in [-0.2, -0.15) is 0 Å². The molecule has 0 spiro atoms. The molecule has 0 atom stereocenters. The van der Waals surface area contributed by atoms with E-state index in [9.17, 15) is 13.2 Å². The average molecular weight is 373 g/mol. The maximum atomic E-state index is 12.6. The predicted octanol–water partition coefficient (Wildman–Crippen LogP) is 4.18. The fourth-order valence-electron chi connectivity index (χ4n) is 1.60. The SMILES string of the molecule is CCC(C)(C)N(C)C(=O)c1c(Cl)ccc(S(=O)(=O)Cl)c1Cl. The summed E-state index contributed by atoms with van der Waals surface area (Å²) in [5, 5.41) is -0.186. The highest BCUT2D eigenvalue weighted by molar-refractivity contribution is 8.13. The molecular formula is C13H16Cl3NO3S. The standard InChI is InChI=1S/C13H16Cl3NO3S/c1-5-13(2,3)17(4)12(18)10-8(14)6-7-9(11(10)15)21(16,19)20/h6-7H,5H2,1-4H3. The molecule has 0 N–H and O–H groups in total. The summed E-state index contributed by atoms with van der Waals surface area (Å²) in [4.78, 5) is 13.7. The van der Waals surface area contributed by atoms with Crippen LogP contribution in [0.25, 0.3) is 0 Å². The Morgan fingerprint density at radius 3 is 2.24 bits per heavy atom. The Balaban J connectivity index is 3.48. The molecule has 0 radical (unpaired) electrons. The van der Waals surface area contributed by atoms with Crippen molar-refractivity contribution in [3.8, 4) is 0 Å². The van der Waals surface area contributed by atoms with E-state index in [1.54, 1.807) is 7.05 Å². The lowest BCUT2D eigenvalue weighted by atomic mass is 9.99. The first-order valence-electron chi connectivity index (χ1n) is 6.14. The first-order valence-corrected chi connectivity index (χ1v) is 9.20. The predicted molar refractivity (Wildman–Crippen MR) is 86.0 cm³/mol. The van der Waals surface area contributed by atoms with Crippen LogP contribution in [-0.2, 0) is 9.05 Å². The Hall–Kier alpha value is -0.490. The van der Waals surface area contributed by atoms with Gasteiger partial charge in [0.25, 0.3) is 15.0 Å². The van der Waals surface area contributed by atoms with Crippen molar-refractivity contribution in [1.29, 1.82) is 0 Å². The summed E-state index contributed by atoms with van der Waals surface area (Å²) in [6, 6.07) is 2.47. The molecular weight excluding hydrogens is 357 g/mol. The molecule has 0 saturated heterocycles. The fourth-order valence-corrected chi connectivity index (χ4v) is 3.49. The molecule has 0 aromatic heterocycles. The molecule has 1 aromatic carbocycles. The second kappa shape index (κ2) is 6.32. The van der Waals surface area contributed by atoms with E-state index in [4.69, 9.17) is 33.9 Å². The molecule has 4 nitrogen and oxygen atoms in total. The molecule has 0 fully saturated rings. The van der Waals surface area contributed by atoms with Crippen LogP contribution >= 0.6 is 33.9 Å². The van der Waals surface area contributed by atoms with E-state index < -0.39 is 20.5 Å². The van der Waals surface area contributed by atoms with Gasteiger partial charge in [0.2, 0.25) is 0 Å². The van der Waals surface area contributed by atoms with Crippen LogP contribution in [0.4, 0.5) is 0 Å². The number of hydrogen-bond donors (Lipinski definition) is 0. The van der Waals surface area contributed by atoms with Crippen LogP contribution in [-0.4, -0.2) is 31.8 Å². The Kier molecular flexibility index (Phi) is 5.59. The Labute approximate surface area is 139 Å². The van der Waals surface area contributed by atoms with E-state index in [2.05, 4.69) is 0 Å². The third kappa shape index (κ3) is 3.83. The minimum Gasteiger partial charge on any atom is -0.337 e. The lowest BCUT2D eigenvalue weighted by Crippen LogP contribution is -2.44. The molecule has 0 heterocycles. The Morgan fingerprint density at radius 1 is 1.29 bits per heavy atom. The highest BCUT2D eigenvalue weighted by Crippen LogP contribution is 2.34. The van der Waals surface area contributed by atoms with Crippen molar-refractivity contribution in [3.05, 3.63) is 27.7 Å². The van der Waals surface area contributed by atoms with Gasteiger partial charge in [-0.3, -0.25) is 4.79 Å². The van der Waals surface area contributed by atoms with Gasteiger partial charge in [0.05, 0.1) is 15.6 Å². The van der Waals surface area contributed by atoms with Crippen molar-refractivity contribution in [2.24, 2.45) is 0 Å². The molecule has 118 valence electrons. The van der Waals surface area contributed by atoms with Crippen molar-refractivity contribution in [2.45, 2.75) is 37.6 Å². The number of benzene rings is 1. The smallest absolute Gasteiger partial charge is 0.262 e. The van der Waals surface area contributed by atoms with Gasteiger partial charge in [-0.15, -0.1) is 0 Å². The van der Waals surface area contributed by atoms with Gasteiger partial charge in [-0.05, 0) is 32.4 Å². The van der Waals surface area contributed by atoms with E-state index in [1.807, 2.05) is 20.8 Å². The van der Waals surface area contributed by atoms with Crippen LogP contribution in [0.15, 0.2) is 17.0 Å². The molecule has 0 aliphatic rings. The van der Waals surface area contributed by atoms with Crippen LogP contribution in [0.2, 0.25) is 10.0 Å². The summed E-state index contributed by atoms with van der Waals surface area (Å²) in [5.41, 5.74) is -0.497. The van der Waals surface area contributed by atoms with Gasteiger partial charge in [-0.1, -0.05) is 30.1 Å². The van der Waals surface area contributed by atoms with E-state index in [0.717, 1.165) is 0 Å². The highest BCUT2D eigenvalue weighted by atomic mass is 35.7. The van der Waals surface area contributed by atoms with Gasteiger partial charge in [0.15, 0.2) is 0 Å².